The SMILES string of the molecule is CC(=O)C(C=O)(C(C)=O)c1ccccc1. The highest BCUT2D eigenvalue weighted by atomic mass is 16.2. The average molecular weight is 204 g/mol. The summed E-state index contributed by atoms with van der Waals surface area (Å²) in [5, 5.41) is 0. The number of carbonyl (C=O) groups is 3. The van der Waals surface area contributed by atoms with Gasteiger partial charge in [0.25, 0.3) is 0 Å². The van der Waals surface area contributed by atoms with Gasteiger partial charge in [0.1, 0.15) is 6.29 Å². The number of hydrogen-bond acceptors (Lipinski definition) is 3. The Balaban J connectivity index is 3.42. The number of aldehydes is 1. The molecule has 0 atom stereocenters. The van der Waals surface area contributed by atoms with Crippen molar-refractivity contribution in [2.24, 2.45) is 0 Å². The molecule has 15 heavy (non-hydrogen) atoms. The van der Waals surface area contributed by atoms with Crippen molar-refractivity contribution >= 4 is 17.9 Å². The van der Waals surface area contributed by atoms with Gasteiger partial charge in [0.2, 0.25) is 0 Å². The highest BCUT2D eigenvalue weighted by Gasteiger charge is 2.42. The van der Waals surface area contributed by atoms with E-state index in [0.29, 0.717) is 11.8 Å². The molecule has 78 valence electrons. The molecule has 0 saturated heterocycles. The fourth-order valence-electron chi connectivity index (χ4n) is 1.59. The van der Waals surface area contributed by atoms with Gasteiger partial charge < -0.3 is 4.79 Å². The van der Waals surface area contributed by atoms with Gasteiger partial charge in [0, 0.05) is 0 Å². The van der Waals surface area contributed by atoms with Gasteiger partial charge in [-0.1, -0.05) is 30.3 Å². The second kappa shape index (κ2) is 4.17. The third-order valence-electron chi connectivity index (χ3n) is 2.52. The molecule has 0 heterocycles. The Morgan fingerprint density at radius 1 is 1.07 bits per heavy atom. The third kappa shape index (κ3) is 1.73. The van der Waals surface area contributed by atoms with Crippen LogP contribution in [0.25, 0.3) is 0 Å². The Kier molecular flexibility index (Phi) is 3.14. The van der Waals surface area contributed by atoms with E-state index in [-0.39, 0.29) is 0 Å². The Hall–Kier alpha value is -1.77. The second-order valence-corrected chi connectivity index (χ2v) is 3.40. The van der Waals surface area contributed by atoms with Crippen molar-refractivity contribution < 1.29 is 14.4 Å². The van der Waals surface area contributed by atoms with Crippen LogP contribution in [0.15, 0.2) is 30.3 Å². The monoisotopic (exact) mass is 204 g/mol. The van der Waals surface area contributed by atoms with Crippen LogP contribution in [0, 0.1) is 0 Å². The predicted molar refractivity (Wildman–Crippen MR) is 55.5 cm³/mol. The minimum Gasteiger partial charge on any atom is -0.301 e. The van der Waals surface area contributed by atoms with Crippen LogP contribution in [0.3, 0.4) is 0 Å². The number of ketones is 2. The van der Waals surface area contributed by atoms with E-state index in [0.717, 1.165) is 0 Å². The molecule has 0 aromatic heterocycles. The molecule has 0 N–H and O–H groups in total. The summed E-state index contributed by atoms with van der Waals surface area (Å²) < 4.78 is 0. The molecule has 1 rings (SSSR count). The van der Waals surface area contributed by atoms with Crippen molar-refractivity contribution in [1.82, 2.24) is 0 Å². The third-order valence-corrected chi connectivity index (χ3v) is 2.52. The van der Waals surface area contributed by atoms with Crippen molar-refractivity contribution in [2.45, 2.75) is 19.3 Å². The number of benzene rings is 1. The Labute approximate surface area is 88.1 Å². The topological polar surface area (TPSA) is 51.2 Å². The van der Waals surface area contributed by atoms with Gasteiger partial charge in [-0.15, -0.1) is 0 Å². The number of hydrogen-bond donors (Lipinski definition) is 0. The van der Waals surface area contributed by atoms with Crippen LogP contribution in [0.5, 0.6) is 0 Å². The van der Waals surface area contributed by atoms with Gasteiger partial charge in [0.15, 0.2) is 17.0 Å². The standard InChI is InChI=1S/C12H12O3/c1-9(14)12(8-13,10(2)15)11-6-4-3-5-7-11/h3-8H,1-2H3. The van der Waals surface area contributed by atoms with Crippen LogP contribution in [0.1, 0.15) is 19.4 Å². The van der Waals surface area contributed by atoms with Gasteiger partial charge >= 0.3 is 0 Å². The lowest BCUT2D eigenvalue weighted by Gasteiger charge is -2.22. The zero-order valence-electron chi connectivity index (χ0n) is 8.69. The normalized spacial score (nSPS) is 10.8. The van der Waals surface area contributed by atoms with E-state index >= 15 is 0 Å². The summed E-state index contributed by atoms with van der Waals surface area (Å²) in [5.41, 5.74) is -1.19. The Morgan fingerprint density at radius 3 is 1.87 bits per heavy atom. The lowest BCUT2D eigenvalue weighted by atomic mass is 9.75. The maximum absolute atomic E-state index is 11.5. The molecule has 0 radical (unpaired) electrons. The second-order valence-electron chi connectivity index (χ2n) is 3.40. The first-order valence-corrected chi connectivity index (χ1v) is 4.59. The molecule has 0 aliphatic heterocycles. The van der Waals surface area contributed by atoms with E-state index in [2.05, 4.69) is 0 Å². The van der Waals surface area contributed by atoms with Crippen LogP contribution in [-0.4, -0.2) is 17.9 Å². The largest absolute Gasteiger partial charge is 0.301 e. The average Bonchev–Trinajstić information content (AvgIpc) is 2.20. The van der Waals surface area contributed by atoms with Crippen molar-refractivity contribution in [3.8, 4) is 0 Å². The maximum Gasteiger partial charge on any atom is 0.166 e. The summed E-state index contributed by atoms with van der Waals surface area (Å²) in [6, 6.07) is 8.37. The van der Waals surface area contributed by atoms with Crippen LogP contribution >= 0.6 is 0 Å². The number of carbonyl (C=O) groups excluding carboxylic acids is 3. The summed E-state index contributed by atoms with van der Waals surface area (Å²) in [6.07, 6.45) is 0.424. The van der Waals surface area contributed by atoms with Crippen LogP contribution in [0.4, 0.5) is 0 Å². The van der Waals surface area contributed by atoms with E-state index in [4.69, 9.17) is 0 Å². The molecule has 1 aromatic carbocycles. The molecule has 0 fully saturated rings. The fourth-order valence-corrected chi connectivity index (χ4v) is 1.59. The molecule has 0 unspecified atom stereocenters. The minimum atomic E-state index is -1.62. The van der Waals surface area contributed by atoms with Gasteiger partial charge in [-0.25, -0.2) is 0 Å². The molecular formula is C12H12O3. The van der Waals surface area contributed by atoms with Crippen molar-refractivity contribution in [1.29, 1.82) is 0 Å². The molecule has 0 spiro atoms. The highest BCUT2D eigenvalue weighted by Crippen LogP contribution is 2.24. The van der Waals surface area contributed by atoms with E-state index in [1.54, 1.807) is 30.3 Å². The lowest BCUT2D eigenvalue weighted by molar-refractivity contribution is -0.136. The van der Waals surface area contributed by atoms with Crippen molar-refractivity contribution in [3.63, 3.8) is 0 Å². The first-order chi connectivity index (χ1) is 7.05. The summed E-state index contributed by atoms with van der Waals surface area (Å²) in [4.78, 5) is 34.0. The molecule has 0 aliphatic carbocycles. The zero-order valence-corrected chi connectivity index (χ0v) is 8.69. The molecular weight excluding hydrogens is 192 g/mol. The summed E-state index contributed by atoms with van der Waals surface area (Å²) in [5.74, 6) is -0.896. The zero-order chi connectivity index (χ0) is 11.5. The summed E-state index contributed by atoms with van der Waals surface area (Å²) >= 11 is 0. The predicted octanol–water partition coefficient (Wildman–Crippen LogP) is 1.30. The molecule has 0 bridgehead atoms. The quantitative estimate of drug-likeness (QED) is 0.548. The number of rotatable bonds is 4. The van der Waals surface area contributed by atoms with E-state index in [9.17, 15) is 14.4 Å². The van der Waals surface area contributed by atoms with Crippen LogP contribution in [-0.2, 0) is 19.8 Å². The summed E-state index contributed by atoms with van der Waals surface area (Å²) in [7, 11) is 0. The first kappa shape index (κ1) is 11.3. The van der Waals surface area contributed by atoms with Crippen LogP contribution in [0.2, 0.25) is 0 Å². The smallest absolute Gasteiger partial charge is 0.166 e. The minimum absolute atomic E-state index is 0.424. The molecule has 0 aliphatic rings. The molecule has 0 saturated carbocycles. The van der Waals surface area contributed by atoms with Gasteiger partial charge in [0.05, 0.1) is 0 Å². The summed E-state index contributed by atoms with van der Waals surface area (Å²) in [6.45, 7) is 2.51. The Bertz CT molecular complexity index is 379. The van der Waals surface area contributed by atoms with Gasteiger partial charge in [-0.05, 0) is 19.4 Å². The Morgan fingerprint density at radius 2 is 1.53 bits per heavy atom. The maximum atomic E-state index is 11.5. The molecule has 3 nitrogen and oxygen atoms in total. The fraction of sp³-hybridized carbons (Fsp3) is 0.250. The van der Waals surface area contributed by atoms with E-state index in [1.165, 1.54) is 13.8 Å². The van der Waals surface area contributed by atoms with Crippen molar-refractivity contribution in [2.75, 3.05) is 0 Å². The van der Waals surface area contributed by atoms with Gasteiger partial charge in [-0.2, -0.15) is 0 Å². The highest BCUT2D eigenvalue weighted by molar-refractivity contribution is 6.23. The molecule has 1 aromatic rings. The van der Waals surface area contributed by atoms with Gasteiger partial charge in [-0.3, -0.25) is 9.59 Å². The van der Waals surface area contributed by atoms with Crippen LogP contribution < -0.4 is 0 Å². The number of Topliss-reactive ketones (excluding diaryl/α,β-unsaturated/α-hetero) is 2. The van der Waals surface area contributed by atoms with E-state index < -0.39 is 17.0 Å². The lowest BCUT2D eigenvalue weighted by Crippen LogP contribution is -2.42. The van der Waals surface area contributed by atoms with E-state index in [1.807, 2.05) is 0 Å². The molecule has 0 amide bonds. The van der Waals surface area contributed by atoms with Crippen molar-refractivity contribution in [3.05, 3.63) is 35.9 Å². The molecule has 3 heteroatoms. The first-order valence-electron chi connectivity index (χ1n) is 4.59.